The number of fused-ring (bicyclic) bond motifs is 1. The van der Waals surface area contributed by atoms with E-state index in [4.69, 9.17) is 5.11 Å². The van der Waals surface area contributed by atoms with Crippen molar-refractivity contribution in [2.75, 3.05) is 13.1 Å². The number of carbonyl (C=O) groups is 1. The number of aromatic carboxylic acids is 1. The second-order valence-electron chi connectivity index (χ2n) is 4.70. The Morgan fingerprint density at radius 1 is 1.39 bits per heavy atom. The third-order valence-electron chi connectivity index (χ3n) is 3.35. The minimum Gasteiger partial charge on any atom is -0.478 e. The van der Waals surface area contributed by atoms with Gasteiger partial charge in [0.15, 0.2) is 0 Å². The van der Waals surface area contributed by atoms with Crippen molar-refractivity contribution in [3.63, 3.8) is 0 Å². The molecule has 3 rings (SSSR count). The summed E-state index contributed by atoms with van der Waals surface area (Å²) in [4.78, 5) is 20.9. The monoisotopic (exact) mass is 245 g/mol. The van der Waals surface area contributed by atoms with Crippen molar-refractivity contribution in [3.05, 3.63) is 29.6 Å². The Bertz CT molecular complexity index is 585. The molecule has 94 valence electrons. The Kier molecular flexibility index (Phi) is 2.76. The number of nitrogens with zero attached hydrogens (tertiary/aromatic N) is 2. The van der Waals surface area contributed by atoms with Crippen LogP contribution in [-0.2, 0) is 6.54 Å². The van der Waals surface area contributed by atoms with E-state index in [1.807, 2.05) is 0 Å². The molecule has 5 nitrogen and oxygen atoms in total. The predicted octanol–water partition coefficient (Wildman–Crippen LogP) is 1.86. The number of benzene rings is 1. The van der Waals surface area contributed by atoms with Crippen LogP contribution in [0.3, 0.4) is 0 Å². The van der Waals surface area contributed by atoms with Crippen LogP contribution in [0.2, 0.25) is 0 Å². The molecule has 2 heterocycles. The molecule has 1 aliphatic rings. The molecule has 0 saturated carbocycles. The molecule has 0 unspecified atom stereocenters. The van der Waals surface area contributed by atoms with Gasteiger partial charge in [0, 0.05) is 0 Å². The first-order chi connectivity index (χ1) is 8.72. The van der Waals surface area contributed by atoms with Crippen molar-refractivity contribution in [1.29, 1.82) is 0 Å². The summed E-state index contributed by atoms with van der Waals surface area (Å²) in [6, 6.07) is 4.98. The summed E-state index contributed by atoms with van der Waals surface area (Å²) in [5.74, 6) is 0.00188. The van der Waals surface area contributed by atoms with E-state index in [0.717, 1.165) is 36.5 Å². The quantitative estimate of drug-likeness (QED) is 0.866. The van der Waals surface area contributed by atoms with Crippen LogP contribution >= 0.6 is 0 Å². The van der Waals surface area contributed by atoms with Crippen LogP contribution in [0.5, 0.6) is 0 Å². The molecule has 0 bridgehead atoms. The van der Waals surface area contributed by atoms with E-state index in [-0.39, 0.29) is 0 Å². The molecular weight excluding hydrogens is 230 g/mol. The van der Waals surface area contributed by atoms with Gasteiger partial charge in [-0.15, -0.1) is 0 Å². The van der Waals surface area contributed by atoms with Gasteiger partial charge in [0.2, 0.25) is 0 Å². The number of likely N-dealkylation sites (tertiary alicyclic amines) is 1. The third-order valence-corrected chi connectivity index (χ3v) is 3.35. The van der Waals surface area contributed by atoms with Gasteiger partial charge < -0.3 is 10.1 Å². The fraction of sp³-hybridized carbons (Fsp3) is 0.385. The molecule has 1 aliphatic heterocycles. The lowest BCUT2D eigenvalue weighted by molar-refractivity contribution is 0.0697. The number of carboxylic acids is 1. The van der Waals surface area contributed by atoms with Gasteiger partial charge in [0.25, 0.3) is 0 Å². The maximum absolute atomic E-state index is 10.9. The number of nitrogens with one attached hydrogen (secondary N) is 1. The number of imidazole rings is 1. The van der Waals surface area contributed by atoms with Crippen LogP contribution in [0.1, 0.15) is 29.0 Å². The molecule has 0 atom stereocenters. The number of H-pyrrole nitrogens is 1. The Balaban J connectivity index is 1.87. The number of hydrogen-bond acceptors (Lipinski definition) is 3. The van der Waals surface area contributed by atoms with E-state index in [1.54, 1.807) is 18.2 Å². The zero-order chi connectivity index (χ0) is 12.5. The number of aromatic amines is 1. The highest BCUT2D eigenvalue weighted by Crippen LogP contribution is 2.16. The molecule has 0 radical (unpaired) electrons. The SMILES string of the molecule is O=C(O)c1ccc2nc(CN3CCCC3)[nH]c2c1. The summed E-state index contributed by atoms with van der Waals surface area (Å²) in [7, 11) is 0. The van der Waals surface area contributed by atoms with Gasteiger partial charge in [0.1, 0.15) is 5.82 Å². The van der Waals surface area contributed by atoms with Gasteiger partial charge in [-0.3, -0.25) is 4.90 Å². The van der Waals surface area contributed by atoms with Crippen molar-refractivity contribution >= 4 is 17.0 Å². The lowest BCUT2D eigenvalue weighted by Gasteiger charge is -2.11. The van der Waals surface area contributed by atoms with Crippen LogP contribution < -0.4 is 0 Å². The maximum atomic E-state index is 10.9. The van der Waals surface area contributed by atoms with E-state index < -0.39 is 5.97 Å². The fourth-order valence-electron chi connectivity index (χ4n) is 2.42. The van der Waals surface area contributed by atoms with Gasteiger partial charge in [-0.2, -0.15) is 0 Å². The van der Waals surface area contributed by atoms with E-state index in [2.05, 4.69) is 14.9 Å². The zero-order valence-electron chi connectivity index (χ0n) is 10.0. The topological polar surface area (TPSA) is 69.2 Å². The minimum atomic E-state index is -0.910. The van der Waals surface area contributed by atoms with Gasteiger partial charge in [-0.1, -0.05) is 0 Å². The zero-order valence-corrected chi connectivity index (χ0v) is 10.0. The summed E-state index contributed by atoms with van der Waals surface area (Å²) < 4.78 is 0. The highest BCUT2D eigenvalue weighted by Gasteiger charge is 2.14. The fourth-order valence-corrected chi connectivity index (χ4v) is 2.42. The first-order valence-electron chi connectivity index (χ1n) is 6.17. The minimum absolute atomic E-state index is 0.291. The van der Waals surface area contributed by atoms with Gasteiger partial charge in [-0.05, 0) is 44.1 Å². The summed E-state index contributed by atoms with van der Waals surface area (Å²) >= 11 is 0. The molecule has 1 saturated heterocycles. The lowest BCUT2D eigenvalue weighted by Crippen LogP contribution is -2.19. The van der Waals surface area contributed by atoms with Crippen molar-refractivity contribution in [2.45, 2.75) is 19.4 Å². The average Bonchev–Trinajstić information content (AvgIpc) is 2.96. The van der Waals surface area contributed by atoms with Crippen molar-refractivity contribution < 1.29 is 9.90 Å². The molecule has 5 heteroatoms. The van der Waals surface area contributed by atoms with Gasteiger partial charge >= 0.3 is 5.97 Å². The molecule has 0 aliphatic carbocycles. The summed E-state index contributed by atoms with van der Waals surface area (Å²) in [5, 5.41) is 8.94. The Morgan fingerprint density at radius 3 is 2.89 bits per heavy atom. The molecule has 1 aromatic heterocycles. The van der Waals surface area contributed by atoms with Crippen LogP contribution in [0.4, 0.5) is 0 Å². The number of rotatable bonds is 3. The van der Waals surface area contributed by atoms with Gasteiger partial charge in [0.05, 0.1) is 23.1 Å². The number of aromatic nitrogens is 2. The maximum Gasteiger partial charge on any atom is 0.335 e. The van der Waals surface area contributed by atoms with Gasteiger partial charge in [-0.25, -0.2) is 9.78 Å². The molecule has 0 amide bonds. The van der Waals surface area contributed by atoms with Crippen molar-refractivity contribution in [2.24, 2.45) is 0 Å². The number of hydrogen-bond donors (Lipinski definition) is 2. The molecule has 0 spiro atoms. The Morgan fingerprint density at radius 2 is 2.17 bits per heavy atom. The van der Waals surface area contributed by atoms with E-state index in [1.165, 1.54) is 12.8 Å². The van der Waals surface area contributed by atoms with Crippen LogP contribution in [0.15, 0.2) is 18.2 Å². The first-order valence-corrected chi connectivity index (χ1v) is 6.17. The normalized spacial score (nSPS) is 16.4. The molecule has 1 aromatic carbocycles. The molecule has 2 N–H and O–H groups in total. The highest BCUT2D eigenvalue weighted by atomic mass is 16.4. The molecule has 1 fully saturated rings. The summed E-state index contributed by atoms with van der Waals surface area (Å²) in [6.45, 7) is 3.06. The van der Waals surface area contributed by atoms with Crippen molar-refractivity contribution in [3.8, 4) is 0 Å². The van der Waals surface area contributed by atoms with Crippen LogP contribution in [0.25, 0.3) is 11.0 Å². The second-order valence-corrected chi connectivity index (χ2v) is 4.70. The highest BCUT2D eigenvalue weighted by molar-refractivity contribution is 5.92. The lowest BCUT2D eigenvalue weighted by atomic mass is 10.2. The smallest absolute Gasteiger partial charge is 0.335 e. The van der Waals surface area contributed by atoms with E-state index >= 15 is 0 Å². The Labute approximate surface area is 104 Å². The predicted molar refractivity (Wildman–Crippen MR) is 67.6 cm³/mol. The van der Waals surface area contributed by atoms with E-state index in [0.29, 0.717) is 5.56 Å². The molecule has 18 heavy (non-hydrogen) atoms. The Hall–Kier alpha value is -1.88. The average molecular weight is 245 g/mol. The van der Waals surface area contributed by atoms with Crippen LogP contribution in [0, 0.1) is 0 Å². The molecular formula is C13H15N3O2. The van der Waals surface area contributed by atoms with Crippen molar-refractivity contribution in [1.82, 2.24) is 14.9 Å². The number of carboxylic acid groups (broad SMARTS) is 1. The largest absolute Gasteiger partial charge is 0.478 e. The first kappa shape index (κ1) is 11.2. The summed E-state index contributed by atoms with van der Waals surface area (Å²) in [6.07, 6.45) is 2.51. The summed E-state index contributed by atoms with van der Waals surface area (Å²) in [5.41, 5.74) is 1.91. The van der Waals surface area contributed by atoms with Crippen LogP contribution in [-0.4, -0.2) is 39.0 Å². The third kappa shape index (κ3) is 2.09. The van der Waals surface area contributed by atoms with E-state index in [9.17, 15) is 4.79 Å². The molecule has 2 aromatic rings. The second kappa shape index (κ2) is 4.42. The standard InChI is InChI=1S/C13H15N3O2/c17-13(18)9-3-4-10-11(7-9)15-12(14-10)8-16-5-1-2-6-16/h3-4,7H,1-2,5-6,8H2,(H,14,15)(H,17,18).